The summed E-state index contributed by atoms with van der Waals surface area (Å²) < 4.78 is 0. The highest BCUT2D eigenvalue weighted by atomic mass is 32.1. The highest BCUT2D eigenvalue weighted by Gasteiger charge is 1.79. The molecule has 0 heterocycles. The molecule has 0 aliphatic heterocycles. The van der Waals surface area contributed by atoms with Gasteiger partial charge in [0.05, 0.1) is 0 Å². The molecular formula is C8H12S. The highest BCUT2D eigenvalue weighted by Crippen LogP contribution is 2.00. The van der Waals surface area contributed by atoms with Crippen LogP contribution in [0.4, 0.5) is 0 Å². The fourth-order valence-corrected chi connectivity index (χ4v) is 0.583. The molecule has 9 heavy (non-hydrogen) atoms. The van der Waals surface area contributed by atoms with Gasteiger partial charge in [-0.3, -0.25) is 0 Å². The van der Waals surface area contributed by atoms with Gasteiger partial charge in [-0.2, -0.15) is 12.6 Å². The van der Waals surface area contributed by atoms with E-state index < -0.39 is 0 Å². The van der Waals surface area contributed by atoms with Crippen LogP contribution in [0.1, 0.15) is 13.3 Å². The maximum absolute atomic E-state index is 3.91. The molecule has 0 aromatic heterocycles. The van der Waals surface area contributed by atoms with Crippen molar-refractivity contribution in [2.45, 2.75) is 13.3 Å². The van der Waals surface area contributed by atoms with Gasteiger partial charge in [0.25, 0.3) is 0 Å². The number of thiol groups is 1. The lowest BCUT2D eigenvalue weighted by Crippen LogP contribution is -1.69. The van der Waals surface area contributed by atoms with Crippen molar-refractivity contribution in [2.75, 3.05) is 0 Å². The molecule has 0 nitrogen and oxygen atoms in total. The first-order valence-corrected chi connectivity index (χ1v) is 3.49. The van der Waals surface area contributed by atoms with Crippen LogP contribution in [0.25, 0.3) is 0 Å². The smallest absolute Gasteiger partial charge is 0.0308 e. The maximum atomic E-state index is 3.91. The second kappa shape index (κ2) is 5.70. The van der Waals surface area contributed by atoms with Crippen molar-refractivity contribution in [1.82, 2.24) is 0 Å². The fourth-order valence-electron chi connectivity index (χ4n) is 0.497. The Labute approximate surface area is 62.4 Å². The van der Waals surface area contributed by atoms with Crippen molar-refractivity contribution in [2.24, 2.45) is 0 Å². The van der Waals surface area contributed by atoms with Crippen LogP contribution >= 0.6 is 12.6 Å². The third-order valence-corrected chi connectivity index (χ3v) is 1.24. The molecular weight excluding hydrogens is 128 g/mol. The second-order valence-corrected chi connectivity index (χ2v) is 1.94. The van der Waals surface area contributed by atoms with E-state index in [4.69, 9.17) is 0 Å². The summed E-state index contributed by atoms with van der Waals surface area (Å²) >= 11 is 3.91. The molecule has 0 aromatic rings. The summed E-state index contributed by atoms with van der Waals surface area (Å²) in [5, 5.41) is 1.71. The van der Waals surface area contributed by atoms with E-state index in [1.54, 1.807) is 5.41 Å². The third kappa shape index (κ3) is 4.10. The molecule has 0 saturated carbocycles. The van der Waals surface area contributed by atoms with Gasteiger partial charge >= 0.3 is 0 Å². The van der Waals surface area contributed by atoms with Gasteiger partial charge in [0.1, 0.15) is 0 Å². The van der Waals surface area contributed by atoms with Gasteiger partial charge in [-0.15, -0.1) is 0 Å². The van der Waals surface area contributed by atoms with E-state index >= 15 is 0 Å². The van der Waals surface area contributed by atoms with Gasteiger partial charge in [0, 0.05) is 0 Å². The largest absolute Gasteiger partial charge is 0.151 e. The Balaban J connectivity index is 3.90. The molecule has 0 bridgehead atoms. The van der Waals surface area contributed by atoms with Gasteiger partial charge in [0.2, 0.25) is 0 Å². The van der Waals surface area contributed by atoms with E-state index in [1.807, 2.05) is 18.2 Å². The van der Waals surface area contributed by atoms with Crippen molar-refractivity contribution in [3.63, 3.8) is 0 Å². The number of rotatable bonds is 3. The summed E-state index contributed by atoms with van der Waals surface area (Å²) in [6.45, 7) is 5.75. The van der Waals surface area contributed by atoms with Crippen LogP contribution in [-0.2, 0) is 0 Å². The predicted molar refractivity (Wildman–Crippen MR) is 46.7 cm³/mol. The van der Waals surface area contributed by atoms with Gasteiger partial charge in [-0.25, -0.2) is 0 Å². The fraction of sp³-hybridized carbons (Fsp3) is 0.250. The van der Waals surface area contributed by atoms with Crippen molar-refractivity contribution < 1.29 is 0 Å². The molecule has 0 saturated heterocycles. The van der Waals surface area contributed by atoms with Crippen molar-refractivity contribution >= 4 is 12.6 Å². The Morgan fingerprint density at radius 1 is 1.67 bits per heavy atom. The predicted octanol–water partition coefficient (Wildman–Crippen LogP) is 2.95. The molecule has 0 rings (SSSR count). The van der Waals surface area contributed by atoms with Crippen molar-refractivity contribution in [3.8, 4) is 0 Å². The minimum atomic E-state index is 1.03. The molecule has 0 amide bonds. The first kappa shape index (κ1) is 8.57. The second-order valence-electron chi connectivity index (χ2n) is 1.64. The summed E-state index contributed by atoms with van der Waals surface area (Å²) in [6.07, 6.45) is 6.78. The van der Waals surface area contributed by atoms with Gasteiger partial charge in [0.15, 0.2) is 0 Å². The lowest BCUT2D eigenvalue weighted by atomic mass is 10.2. The van der Waals surface area contributed by atoms with E-state index in [0.29, 0.717) is 0 Å². The van der Waals surface area contributed by atoms with Crippen LogP contribution in [-0.4, -0.2) is 0 Å². The molecule has 0 aromatic carbocycles. The molecule has 0 aliphatic carbocycles. The summed E-state index contributed by atoms with van der Waals surface area (Å²) in [5.74, 6) is 0. The zero-order chi connectivity index (χ0) is 7.11. The van der Waals surface area contributed by atoms with Gasteiger partial charge in [-0.05, 0) is 17.4 Å². The number of hydrogen-bond acceptors (Lipinski definition) is 1. The Morgan fingerprint density at radius 3 is 2.67 bits per heavy atom. The molecule has 0 radical (unpaired) electrons. The first-order valence-electron chi connectivity index (χ1n) is 2.97. The minimum absolute atomic E-state index is 1.03. The van der Waals surface area contributed by atoms with Crippen LogP contribution in [0.5, 0.6) is 0 Å². The average Bonchev–Trinajstić information content (AvgIpc) is 1.91. The minimum Gasteiger partial charge on any atom is -0.151 e. The molecule has 50 valence electrons. The molecule has 0 N–H and O–H groups in total. The quantitative estimate of drug-likeness (QED) is 0.452. The standard InChI is InChI=1S/C8H12S/c1-3-8(4-2)6-5-7-9/h3,5-7,9H,1,4H2,2H3/b7-5+,8-6+. The van der Waals surface area contributed by atoms with Crippen LogP contribution in [0, 0.1) is 0 Å². The van der Waals surface area contributed by atoms with E-state index in [0.717, 1.165) is 6.42 Å². The molecule has 0 spiro atoms. The maximum Gasteiger partial charge on any atom is -0.0308 e. The van der Waals surface area contributed by atoms with Crippen LogP contribution in [0.2, 0.25) is 0 Å². The normalized spacial score (nSPS) is 12.4. The molecule has 0 fully saturated rings. The lowest BCUT2D eigenvalue weighted by Gasteiger charge is -1.89. The average molecular weight is 140 g/mol. The zero-order valence-corrected chi connectivity index (χ0v) is 6.57. The Bertz CT molecular complexity index is 132. The number of hydrogen-bond donors (Lipinski definition) is 1. The van der Waals surface area contributed by atoms with E-state index in [9.17, 15) is 0 Å². The summed E-state index contributed by atoms with van der Waals surface area (Å²) in [7, 11) is 0. The Morgan fingerprint density at radius 2 is 2.33 bits per heavy atom. The van der Waals surface area contributed by atoms with E-state index in [-0.39, 0.29) is 0 Å². The molecule has 1 heteroatoms. The first-order chi connectivity index (χ1) is 4.35. The summed E-state index contributed by atoms with van der Waals surface area (Å²) in [6, 6.07) is 0. The number of allylic oxidation sites excluding steroid dienone is 4. The van der Waals surface area contributed by atoms with Crippen molar-refractivity contribution in [3.05, 3.63) is 35.8 Å². The van der Waals surface area contributed by atoms with Gasteiger partial charge in [-0.1, -0.05) is 31.7 Å². The zero-order valence-electron chi connectivity index (χ0n) is 5.67. The molecule has 0 atom stereocenters. The van der Waals surface area contributed by atoms with Crippen LogP contribution < -0.4 is 0 Å². The Hall–Kier alpha value is -0.430. The highest BCUT2D eigenvalue weighted by molar-refractivity contribution is 7.83. The SMILES string of the molecule is C=C/C(=C\C=C\S)CC. The van der Waals surface area contributed by atoms with E-state index in [2.05, 4.69) is 26.1 Å². The van der Waals surface area contributed by atoms with Crippen LogP contribution in [0.3, 0.4) is 0 Å². The lowest BCUT2D eigenvalue weighted by molar-refractivity contribution is 1.15. The van der Waals surface area contributed by atoms with Crippen LogP contribution in [0.15, 0.2) is 35.8 Å². The van der Waals surface area contributed by atoms with Gasteiger partial charge < -0.3 is 0 Å². The topological polar surface area (TPSA) is 0 Å². The third-order valence-electron chi connectivity index (χ3n) is 1.07. The summed E-state index contributed by atoms with van der Waals surface area (Å²) in [5.41, 5.74) is 1.24. The Kier molecular flexibility index (Phi) is 5.43. The molecule has 0 aliphatic rings. The van der Waals surface area contributed by atoms with Crippen molar-refractivity contribution in [1.29, 1.82) is 0 Å². The summed E-state index contributed by atoms with van der Waals surface area (Å²) in [4.78, 5) is 0. The monoisotopic (exact) mass is 140 g/mol. The molecule has 0 unspecified atom stereocenters. The van der Waals surface area contributed by atoms with E-state index in [1.165, 1.54) is 5.57 Å².